The number of rotatable bonds is 4. The molecule has 0 unspecified atom stereocenters. The quantitative estimate of drug-likeness (QED) is 0.937. The molecule has 2 rings (SSSR count). The van der Waals surface area contributed by atoms with E-state index >= 15 is 0 Å². The van der Waals surface area contributed by atoms with Gasteiger partial charge in [-0.15, -0.1) is 0 Å². The van der Waals surface area contributed by atoms with E-state index in [2.05, 4.69) is 4.37 Å². The molecular formula is C12H10ClNO3S. The van der Waals surface area contributed by atoms with Crippen LogP contribution < -0.4 is 4.74 Å². The summed E-state index contributed by atoms with van der Waals surface area (Å²) < 4.78 is 9.20. The molecular weight excluding hydrogens is 274 g/mol. The molecule has 0 aliphatic carbocycles. The SMILES string of the molecule is COc1cccc(Cc2nsc(C(=O)O)c2Cl)c1. The Bertz CT molecular complexity index is 582. The maximum Gasteiger partial charge on any atom is 0.349 e. The molecule has 0 spiro atoms. The third kappa shape index (κ3) is 2.63. The number of hydrogen-bond donors (Lipinski definition) is 1. The van der Waals surface area contributed by atoms with Crippen molar-refractivity contribution in [1.82, 2.24) is 4.37 Å². The van der Waals surface area contributed by atoms with Crippen LogP contribution in [0.4, 0.5) is 0 Å². The molecule has 6 heteroatoms. The Kier molecular flexibility index (Phi) is 3.84. The lowest BCUT2D eigenvalue weighted by molar-refractivity contribution is 0.0702. The van der Waals surface area contributed by atoms with Gasteiger partial charge in [0.05, 0.1) is 17.8 Å². The maximum absolute atomic E-state index is 10.9. The molecule has 0 atom stereocenters. The van der Waals surface area contributed by atoms with Crippen molar-refractivity contribution >= 4 is 29.1 Å². The van der Waals surface area contributed by atoms with Gasteiger partial charge in [0.2, 0.25) is 0 Å². The Hall–Kier alpha value is -1.59. The summed E-state index contributed by atoms with van der Waals surface area (Å²) in [7, 11) is 1.59. The van der Waals surface area contributed by atoms with Gasteiger partial charge < -0.3 is 9.84 Å². The molecule has 0 bridgehead atoms. The number of carboxylic acids is 1. The minimum absolute atomic E-state index is 0.0783. The third-order valence-electron chi connectivity index (χ3n) is 2.40. The molecule has 0 fully saturated rings. The third-order valence-corrected chi connectivity index (χ3v) is 3.79. The van der Waals surface area contributed by atoms with Gasteiger partial charge in [-0.1, -0.05) is 23.7 Å². The normalized spacial score (nSPS) is 10.3. The van der Waals surface area contributed by atoms with Gasteiger partial charge >= 0.3 is 5.97 Å². The van der Waals surface area contributed by atoms with Crippen LogP contribution in [0, 0.1) is 0 Å². The highest BCUT2D eigenvalue weighted by Crippen LogP contribution is 2.27. The van der Waals surface area contributed by atoms with Crippen molar-refractivity contribution in [3.8, 4) is 5.75 Å². The molecule has 1 aromatic heterocycles. The average molecular weight is 284 g/mol. The molecule has 94 valence electrons. The van der Waals surface area contributed by atoms with Crippen molar-refractivity contribution in [2.24, 2.45) is 0 Å². The molecule has 18 heavy (non-hydrogen) atoms. The molecule has 0 radical (unpaired) electrons. The minimum Gasteiger partial charge on any atom is -0.497 e. The van der Waals surface area contributed by atoms with Gasteiger partial charge in [0.25, 0.3) is 0 Å². The summed E-state index contributed by atoms with van der Waals surface area (Å²) in [6.45, 7) is 0. The lowest BCUT2D eigenvalue weighted by Crippen LogP contribution is -1.94. The van der Waals surface area contributed by atoms with Gasteiger partial charge in [-0.25, -0.2) is 4.79 Å². The highest BCUT2D eigenvalue weighted by molar-refractivity contribution is 7.08. The minimum atomic E-state index is -1.05. The number of aromatic carboxylic acids is 1. The van der Waals surface area contributed by atoms with Crippen molar-refractivity contribution < 1.29 is 14.6 Å². The fourth-order valence-corrected chi connectivity index (χ4v) is 2.51. The number of hydrogen-bond acceptors (Lipinski definition) is 4. The largest absolute Gasteiger partial charge is 0.497 e. The lowest BCUT2D eigenvalue weighted by Gasteiger charge is -2.03. The van der Waals surface area contributed by atoms with Crippen LogP contribution in [0.1, 0.15) is 20.9 Å². The van der Waals surface area contributed by atoms with E-state index in [1.54, 1.807) is 7.11 Å². The molecule has 1 heterocycles. The zero-order valence-electron chi connectivity index (χ0n) is 9.51. The molecule has 1 aromatic carbocycles. The number of halogens is 1. The Balaban J connectivity index is 2.26. The Morgan fingerprint density at radius 1 is 1.56 bits per heavy atom. The first kappa shape index (κ1) is 12.9. The summed E-state index contributed by atoms with van der Waals surface area (Å²) in [5, 5.41) is 9.11. The Morgan fingerprint density at radius 2 is 2.33 bits per heavy atom. The molecule has 0 amide bonds. The van der Waals surface area contributed by atoms with Crippen molar-refractivity contribution in [3.05, 3.63) is 45.4 Å². The molecule has 0 saturated carbocycles. The highest BCUT2D eigenvalue weighted by Gasteiger charge is 2.17. The maximum atomic E-state index is 10.9. The van der Waals surface area contributed by atoms with Crippen molar-refractivity contribution in [3.63, 3.8) is 0 Å². The zero-order valence-corrected chi connectivity index (χ0v) is 11.1. The number of nitrogens with zero attached hydrogens (tertiary/aromatic N) is 1. The lowest BCUT2D eigenvalue weighted by atomic mass is 10.1. The topological polar surface area (TPSA) is 59.4 Å². The summed E-state index contributed by atoms with van der Waals surface area (Å²) in [4.78, 5) is 10.9. The molecule has 0 saturated heterocycles. The summed E-state index contributed by atoms with van der Waals surface area (Å²) in [5.74, 6) is -0.299. The fourth-order valence-electron chi connectivity index (χ4n) is 1.53. The predicted octanol–water partition coefficient (Wildman–Crippen LogP) is 3.09. The van der Waals surface area contributed by atoms with Crippen LogP contribution in [0.5, 0.6) is 5.75 Å². The van der Waals surface area contributed by atoms with Gasteiger partial charge in [-0.2, -0.15) is 4.37 Å². The van der Waals surface area contributed by atoms with E-state index in [9.17, 15) is 4.79 Å². The Labute approximate surface area is 113 Å². The standard InChI is InChI=1S/C12H10ClNO3S/c1-17-8-4-2-3-7(5-8)6-9-10(13)11(12(15)16)18-14-9/h2-5H,6H2,1H3,(H,15,16). The number of carboxylic acid groups (broad SMARTS) is 1. The summed E-state index contributed by atoms with van der Waals surface area (Å²) in [5.41, 5.74) is 1.55. The monoisotopic (exact) mass is 283 g/mol. The number of carbonyl (C=O) groups is 1. The van der Waals surface area contributed by atoms with Crippen molar-refractivity contribution in [1.29, 1.82) is 0 Å². The first-order chi connectivity index (χ1) is 8.61. The van der Waals surface area contributed by atoms with Crippen LogP contribution in [0.2, 0.25) is 5.02 Å². The zero-order chi connectivity index (χ0) is 13.1. The van der Waals surface area contributed by atoms with Crippen LogP contribution in [0.15, 0.2) is 24.3 Å². The second-order valence-electron chi connectivity index (χ2n) is 3.61. The molecule has 1 N–H and O–H groups in total. The van der Waals surface area contributed by atoms with Crippen LogP contribution in [-0.2, 0) is 6.42 Å². The first-order valence-corrected chi connectivity index (χ1v) is 6.27. The predicted molar refractivity (Wildman–Crippen MR) is 69.9 cm³/mol. The van der Waals surface area contributed by atoms with Gasteiger partial charge in [0.15, 0.2) is 4.88 Å². The van der Waals surface area contributed by atoms with E-state index in [-0.39, 0.29) is 9.90 Å². The van der Waals surface area contributed by atoms with Crippen LogP contribution in [0.3, 0.4) is 0 Å². The smallest absolute Gasteiger partial charge is 0.349 e. The van der Waals surface area contributed by atoms with E-state index in [0.717, 1.165) is 22.8 Å². The van der Waals surface area contributed by atoms with Gasteiger partial charge in [-0.3, -0.25) is 0 Å². The second-order valence-corrected chi connectivity index (χ2v) is 4.76. The van der Waals surface area contributed by atoms with E-state index in [1.165, 1.54) is 0 Å². The number of methoxy groups -OCH3 is 1. The molecule has 2 aromatic rings. The van der Waals surface area contributed by atoms with Crippen molar-refractivity contribution in [2.75, 3.05) is 7.11 Å². The van der Waals surface area contributed by atoms with Gasteiger partial charge in [0.1, 0.15) is 5.75 Å². The highest BCUT2D eigenvalue weighted by atomic mass is 35.5. The summed E-state index contributed by atoms with van der Waals surface area (Å²) in [6.07, 6.45) is 0.486. The number of ether oxygens (including phenoxy) is 1. The van der Waals surface area contributed by atoms with Crippen LogP contribution in [-0.4, -0.2) is 22.6 Å². The summed E-state index contributed by atoms with van der Waals surface area (Å²) >= 11 is 6.88. The first-order valence-electron chi connectivity index (χ1n) is 5.12. The van der Waals surface area contributed by atoms with Crippen LogP contribution >= 0.6 is 23.1 Å². The molecule has 4 nitrogen and oxygen atoms in total. The number of benzene rings is 1. The molecule has 0 aliphatic heterocycles. The van der Waals surface area contributed by atoms with E-state index < -0.39 is 5.97 Å². The Morgan fingerprint density at radius 3 is 2.94 bits per heavy atom. The van der Waals surface area contributed by atoms with Crippen LogP contribution in [0.25, 0.3) is 0 Å². The van der Waals surface area contributed by atoms with Gasteiger partial charge in [-0.05, 0) is 29.2 Å². The van der Waals surface area contributed by atoms with E-state index in [1.807, 2.05) is 24.3 Å². The van der Waals surface area contributed by atoms with Crippen molar-refractivity contribution in [2.45, 2.75) is 6.42 Å². The molecule has 0 aliphatic rings. The van der Waals surface area contributed by atoms with E-state index in [4.69, 9.17) is 21.4 Å². The second kappa shape index (κ2) is 5.37. The van der Waals surface area contributed by atoms with E-state index in [0.29, 0.717) is 12.1 Å². The average Bonchev–Trinajstić information content (AvgIpc) is 2.71. The summed E-state index contributed by atoms with van der Waals surface area (Å²) in [6, 6.07) is 7.50. The fraction of sp³-hybridized carbons (Fsp3) is 0.167. The number of aromatic nitrogens is 1. The van der Waals surface area contributed by atoms with Gasteiger partial charge in [0, 0.05) is 6.42 Å².